The molecule has 0 aliphatic heterocycles. The third kappa shape index (κ3) is 5.23. The first-order chi connectivity index (χ1) is 14.0. The Bertz CT molecular complexity index is 1010. The maximum Gasteiger partial charge on any atom is 0.250 e. The third-order valence-electron chi connectivity index (χ3n) is 4.44. The molecule has 0 atom stereocenters. The van der Waals surface area contributed by atoms with Gasteiger partial charge in [-0.1, -0.05) is 38.1 Å². The molecule has 6 heteroatoms. The van der Waals surface area contributed by atoms with Crippen LogP contribution in [0.4, 0.5) is 5.13 Å². The summed E-state index contributed by atoms with van der Waals surface area (Å²) in [6.07, 6.45) is 3.31. The fraction of sp³-hybridized carbons (Fsp3) is 0.217. The Morgan fingerprint density at radius 3 is 2.45 bits per heavy atom. The maximum atomic E-state index is 12.2. The number of nitrogens with zero attached hydrogens (tertiary/aromatic N) is 1. The van der Waals surface area contributed by atoms with Gasteiger partial charge in [-0.15, -0.1) is 11.3 Å². The van der Waals surface area contributed by atoms with Crippen LogP contribution in [0.3, 0.4) is 0 Å². The molecule has 0 aliphatic carbocycles. The minimum Gasteiger partial charge on any atom is -0.493 e. The average Bonchev–Trinajstić information content (AvgIpc) is 3.20. The van der Waals surface area contributed by atoms with Crippen LogP contribution in [0.2, 0.25) is 0 Å². The lowest BCUT2D eigenvalue weighted by molar-refractivity contribution is -0.111. The monoisotopic (exact) mass is 408 g/mol. The van der Waals surface area contributed by atoms with Crippen molar-refractivity contribution >= 4 is 28.5 Å². The number of methoxy groups -OCH3 is 2. The Kier molecular flexibility index (Phi) is 6.67. The summed E-state index contributed by atoms with van der Waals surface area (Å²) in [6.45, 7) is 4.31. The average molecular weight is 409 g/mol. The van der Waals surface area contributed by atoms with Gasteiger partial charge in [-0.05, 0) is 41.3 Å². The first-order valence-electron chi connectivity index (χ1n) is 9.27. The van der Waals surface area contributed by atoms with E-state index in [2.05, 4.69) is 36.3 Å². The zero-order valence-corrected chi connectivity index (χ0v) is 17.7. The Morgan fingerprint density at radius 1 is 1.07 bits per heavy atom. The van der Waals surface area contributed by atoms with Gasteiger partial charge >= 0.3 is 0 Å². The molecule has 29 heavy (non-hydrogen) atoms. The van der Waals surface area contributed by atoms with Crippen molar-refractivity contribution in [2.24, 2.45) is 0 Å². The van der Waals surface area contributed by atoms with Gasteiger partial charge in [0.2, 0.25) is 5.91 Å². The van der Waals surface area contributed by atoms with E-state index in [9.17, 15) is 4.79 Å². The number of amides is 1. The molecule has 0 bridgehead atoms. The van der Waals surface area contributed by atoms with Crippen LogP contribution in [0.1, 0.15) is 30.9 Å². The van der Waals surface area contributed by atoms with Gasteiger partial charge < -0.3 is 9.47 Å². The lowest BCUT2D eigenvalue weighted by atomic mass is 10.0. The van der Waals surface area contributed by atoms with Crippen LogP contribution >= 0.6 is 11.3 Å². The molecule has 2 aromatic carbocycles. The molecule has 0 spiro atoms. The van der Waals surface area contributed by atoms with Crippen molar-refractivity contribution in [3.8, 4) is 22.8 Å². The van der Waals surface area contributed by atoms with E-state index in [0.29, 0.717) is 22.5 Å². The number of thiazole rings is 1. The van der Waals surface area contributed by atoms with Gasteiger partial charge in [-0.2, -0.15) is 0 Å². The molecule has 0 saturated heterocycles. The number of nitrogens with one attached hydrogen (secondary N) is 1. The Morgan fingerprint density at radius 2 is 1.79 bits per heavy atom. The predicted octanol–water partition coefficient (Wildman–Crippen LogP) is 5.60. The van der Waals surface area contributed by atoms with Crippen LogP contribution in [0, 0.1) is 0 Å². The molecule has 150 valence electrons. The summed E-state index contributed by atoms with van der Waals surface area (Å²) < 4.78 is 10.6. The molecule has 1 aromatic heterocycles. The van der Waals surface area contributed by atoms with Gasteiger partial charge in [-0.25, -0.2) is 4.98 Å². The normalized spacial score (nSPS) is 11.1. The molecule has 0 saturated carbocycles. The molecular weight excluding hydrogens is 384 g/mol. The van der Waals surface area contributed by atoms with Gasteiger partial charge in [0, 0.05) is 17.0 Å². The highest BCUT2D eigenvalue weighted by molar-refractivity contribution is 7.14. The molecule has 1 N–H and O–H groups in total. The van der Waals surface area contributed by atoms with Gasteiger partial charge in [0.25, 0.3) is 0 Å². The van der Waals surface area contributed by atoms with Gasteiger partial charge in [0.15, 0.2) is 16.6 Å². The fourth-order valence-electron chi connectivity index (χ4n) is 2.77. The highest BCUT2D eigenvalue weighted by atomic mass is 32.1. The van der Waals surface area contributed by atoms with E-state index < -0.39 is 0 Å². The molecule has 0 aliphatic rings. The summed E-state index contributed by atoms with van der Waals surface area (Å²) in [5.41, 5.74) is 3.91. The van der Waals surface area contributed by atoms with E-state index >= 15 is 0 Å². The number of carbonyl (C=O) groups is 1. The highest BCUT2D eigenvalue weighted by Crippen LogP contribution is 2.33. The topological polar surface area (TPSA) is 60.5 Å². The number of aromatic nitrogens is 1. The Hall–Kier alpha value is -3.12. The summed E-state index contributed by atoms with van der Waals surface area (Å²) >= 11 is 1.37. The van der Waals surface area contributed by atoms with Crippen molar-refractivity contribution in [2.45, 2.75) is 19.8 Å². The van der Waals surface area contributed by atoms with Gasteiger partial charge in [0.05, 0.1) is 19.9 Å². The molecule has 3 aromatic rings. The molecule has 3 rings (SSSR count). The quantitative estimate of drug-likeness (QED) is 0.517. The molecule has 0 radical (unpaired) electrons. The van der Waals surface area contributed by atoms with Crippen LogP contribution in [0.15, 0.2) is 53.9 Å². The number of carbonyl (C=O) groups excluding carboxylic acids is 1. The minimum atomic E-state index is -0.217. The standard InChI is InChI=1S/C23H24N2O3S/c1-15(2)17-8-5-16(6-9-17)7-12-22(26)25-23-24-19(14-29-23)18-10-11-20(27-3)21(13-18)28-4/h5-15H,1-4H3,(H,24,25,26)/b12-7+. The number of rotatable bonds is 7. The minimum absolute atomic E-state index is 0.217. The first kappa shape index (κ1) is 20.6. The van der Waals surface area contributed by atoms with Crippen LogP contribution in [-0.4, -0.2) is 25.1 Å². The van der Waals surface area contributed by atoms with Gasteiger partial charge in [0.1, 0.15) is 0 Å². The molecule has 0 fully saturated rings. The number of benzene rings is 2. The molecule has 1 amide bonds. The van der Waals surface area contributed by atoms with E-state index in [-0.39, 0.29) is 5.91 Å². The first-order valence-corrected chi connectivity index (χ1v) is 10.1. The van der Waals surface area contributed by atoms with Crippen molar-refractivity contribution in [1.29, 1.82) is 0 Å². The summed E-state index contributed by atoms with van der Waals surface area (Å²) in [7, 11) is 3.19. The SMILES string of the molecule is COc1ccc(-c2csc(NC(=O)/C=C/c3ccc(C(C)C)cc3)n2)cc1OC. The second-order valence-electron chi connectivity index (χ2n) is 6.75. The highest BCUT2D eigenvalue weighted by Gasteiger charge is 2.10. The Balaban J connectivity index is 1.66. The van der Waals surface area contributed by atoms with Crippen LogP contribution < -0.4 is 14.8 Å². The van der Waals surface area contributed by atoms with Crippen molar-refractivity contribution in [1.82, 2.24) is 4.98 Å². The zero-order chi connectivity index (χ0) is 20.8. The van der Waals surface area contributed by atoms with Crippen molar-refractivity contribution in [3.63, 3.8) is 0 Å². The van der Waals surface area contributed by atoms with Crippen molar-refractivity contribution in [3.05, 3.63) is 65.0 Å². The van der Waals surface area contributed by atoms with Crippen LogP contribution in [0.25, 0.3) is 17.3 Å². The number of hydrogen-bond donors (Lipinski definition) is 1. The van der Waals surface area contributed by atoms with E-state index in [1.165, 1.54) is 23.0 Å². The van der Waals surface area contributed by atoms with Crippen molar-refractivity contribution in [2.75, 3.05) is 19.5 Å². The number of anilines is 1. The van der Waals surface area contributed by atoms with Crippen molar-refractivity contribution < 1.29 is 14.3 Å². The van der Waals surface area contributed by atoms with E-state index in [1.54, 1.807) is 20.3 Å². The lowest BCUT2D eigenvalue weighted by Gasteiger charge is -2.08. The zero-order valence-electron chi connectivity index (χ0n) is 16.9. The molecule has 1 heterocycles. The predicted molar refractivity (Wildman–Crippen MR) is 119 cm³/mol. The summed E-state index contributed by atoms with van der Waals surface area (Å²) in [4.78, 5) is 16.7. The largest absolute Gasteiger partial charge is 0.493 e. The van der Waals surface area contributed by atoms with Crippen LogP contribution in [-0.2, 0) is 4.79 Å². The van der Waals surface area contributed by atoms with E-state index in [1.807, 2.05) is 35.7 Å². The molecule has 5 nitrogen and oxygen atoms in total. The number of ether oxygens (including phenoxy) is 2. The lowest BCUT2D eigenvalue weighted by Crippen LogP contribution is -2.07. The van der Waals surface area contributed by atoms with Crippen LogP contribution in [0.5, 0.6) is 11.5 Å². The van der Waals surface area contributed by atoms with Gasteiger partial charge in [-0.3, -0.25) is 10.1 Å². The Labute approximate surface area is 175 Å². The fourth-order valence-corrected chi connectivity index (χ4v) is 3.49. The third-order valence-corrected chi connectivity index (χ3v) is 5.20. The second kappa shape index (κ2) is 9.39. The van der Waals surface area contributed by atoms with E-state index in [0.717, 1.165) is 16.8 Å². The van der Waals surface area contributed by atoms with E-state index in [4.69, 9.17) is 9.47 Å². The summed E-state index contributed by atoms with van der Waals surface area (Å²) in [5, 5.41) is 5.24. The molecular formula is C23H24N2O3S. The number of hydrogen-bond acceptors (Lipinski definition) is 5. The second-order valence-corrected chi connectivity index (χ2v) is 7.61. The molecule has 0 unspecified atom stereocenters. The summed E-state index contributed by atoms with van der Waals surface area (Å²) in [5.74, 6) is 1.56. The smallest absolute Gasteiger partial charge is 0.250 e. The summed E-state index contributed by atoms with van der Waals surface area (Å²) in [6, 6.07) is 13.8. The maximum absolute atomic E-state index is 12.2.